The number of carbonyl (C=O) groups excluding carboxylic acids is 1. The van der Waals surface area contributed by atoms with Gasteiger partial charge in [-0.3, -0.25) is 4.79 Å². The Morgan fingerprint density at radius 1 is 1.00 bits per heavy atom. The highest BCUT2D eigenvalue weighted by atomic mass is 16.5. The molecule has 0 aliphatic heterocycles. The minimum atomic E-state index is 0.0430. The van der Waals surface area contributed by atoms with Crippen LogP contribution in [0.5, 0.6) is 5.75 Å². The van der Waals surface area contributed by atoms with Gasteiger partial charge in [0.1, 0.15) is 5.75 Å². The summed E-state index contributed by atoms with van der Waals surface area (Å²) in [4.78, 5) is 19.0. The number of likely N-dealkylation sites (N-methyl/N-ethyl adjacent to an activating group) is 1. The van der Waals surface area contributed by atoms with Gasteiger partial charge in [-0.25, -0.2) is 4.99 Å². The third-order valence-corrected chi connectivity index (χ3v) is 4.28. The third kappa shape index (κ3) is 6.95. The molecule has 0 bridgehead atoms. The average molecular weight is 383 g/mol. The molecule has 2 aromatic rings. The van der Waals surface area contributed by atoms with Crippen molar-refractivity contribution in [3.05, 3.63) is 65.7 Å². The lowest BCUT2D eigenvalue weighted by Crippen LogP contribution is -2.44. The second kappa shape index (κ2) is 11.6. The van der Waals surface area contributed by atoms with Gasteiger partial charge in [-0.2, -0.15) is 0 Å². The van der Waals surface area contributed by atoms with E-state index in [4.69, 9.17) is 4.74 Å². The van der Waals surface area contributed by atoms with E-state index in [1.165, 1.54) is 0 Å². The number of carbonyl (C=O) groups is 1. The molecule has 0 aliphatic rings. The van der Waals surface area contributed by atoms with E-state index in [0.29, 0.717) is 25.6 Å². The smallest absolute Gasteiger partial charge is 0.242 e. The van der Waals surface area contributed by atoms with Crippen LogP contribution in [0.15, 0.2) is 59.6 Å². The molecule has 0 radical (unpaired) electrons. The first-order chi connectivity index (χ1) is 13.7. The average Bonchev–Trinajstić information content (AvgIpc) is 2.74. The predicted molar refractivity (Wildman–Crippen MR) is 113 cm³/mol. The summed E-state index contributed by atoms with van der Waals surface area (Å²) in [5.41, 5.74) is 2.20. The van der Waals surface area contributed by atoms with Gasteiger partial charge in [0.15, 0.2) is 5.96 Å². The van der Waals surface area contributed by atoms with Crippen molar-refractivity contribution < 1.29 is 9.53 Å². The Kier molecular flexibility index (Phi) is 8.85. The fourth-order valence-corrected chi connectivity index (χ4v) is 2.69. The van der Waals surface area contributed by atoms with E-state index in [0.717, 1.165) is 23.4 Å². The number of benzene rings is 2. The first-order valence-corrected chi connectivity index (χ1v) is 9.63. The molecular formula is C22H30N4O2. The summed E-state index contributed by atoms with van der Waals surface area (Å²) in [7, 11) is 1.65. The number of guanidine groups is 1. The second-order valence-corrected chi connectivity index (χ2v) is 6.29. The van der Waals surface area contributed by atoms with Gasteiger partial charge in [-0.1, -0.05) is 42.5 Å². The molecule has 2 aromatic carbocycles. The highest BCUT2D eigenvalue weighted by Crippen LogP contribution is 2.11. The van der Waals surface area contributed by atoms with Crippen molar-refractivity contribution in [3.8, 4) is 5.75 Å². The largest absolute Gasteiger partial charge is 0.497 e. The van der Waals surface area contributed by atoms with Crippen LogP contribution in [0.25, 0.3) is 0 Å². The van der Waals surface area contributed by atoms with Crippen LogP contribution in [0.3, 0.4) is 0 Å². The van der Waals surface area contributed by atoms with Gasteiger partial charge < -0.3 is 20.3 Å². The maximum atomic E-state index is 12.6. The first-order valence-electron chi connectivity index (χ1n) is 9.63. The van der Waals surface area contributed by atoms with Gasteiger partial charge in [0.05, 0.1) is 20.2 Å². The summed E-state index contributed by atoms with van der Waals surface area (Å²) in [5, 5.41) is 6.32. The summed E-state index contributed by atoms with van der Waals surface area (Å²) in [6.45, 7) is 6.71. The molecule has 0 fully saturated rings. The molecular weight excluding hydrogens is 352 g/mol. The van der Waals surface area contributed by atoms with Crippen molar-refractivity contribution in [1.29, 1.82) is 0 Å². The molecule has 28 heavy (non-hydrogen) atoms. The molecule has 150 valence electrons. The summed E-state index contributed by atoms with van der Waals surface area (Å²) in [6.07, 6.45) is 0. The summed E-state index contributed by atoms with van der Waals surface area (Å²) in [6, 6.07) is 17.8. The number of nitrogens with one attached hydrogen (secondary N) is 2. The number of methoxy groups -OCH3 is 1. The van der Waals surface area contributed by atoms with Gasteiger partial charge in [0, 0.05) is 19.6 Å². The zero-order valence-corrected chi connectivity index (χ0v) is 16.9. The molecule has 0 heterocycles. The van der Waals surface area contributed by atoms with Gasteiger partial charge in [0.25, 0.3) is 0 Å². The Labute approximate surface area is 167 Å². The van der Waals surface area contributed by atoms with Crippen molar-refractivity contribution in [2.45, 2.75) is 26.9 Å². The van der Waals surface area contributed by atoms with Gasteiger partial charge in [-0.05, 0) is 37.1 Å². The SMILES string of the molecule is CCNC(=NCc1ccc(OC)cc1)NCC(=O)N(CC)Cc1ccccc1. The Balaban J connectivity index is 1.91. The normalized spacial score (nSPS) is 11.0. The van der Waals surface area contributed by atoms with E-state index in [1.54, 1.807) is 7.11 Å². The molecule has 0 aliphatic carbocycles. The topological polar surface area (TPSA) is 66.0 Å². The standard InChI is InChI=1S/C22H30N4O2/c1-4-23-22(24-15-18-11-13-20(28-3)14-12-18)25-16-21(27)26(5-2)17-19-9-7-6-8-10-19/h6-14H,4-5,15-17H2,1-3H3,(H2,23,24,25). The molecule has 2 rings (SSSR count). The van der Waals surface area contributed by atoms with Crippen LogP contribution in [0, 0.1) is 0 Å². The van der Waals surface area contributed by atoms with Gasteiger partial charge in [-0.15, -0.1) is 0 Å². The number of hydrogen-bond donors (Lipinski definition) is 2. The zero-order valence-electron chi connectivity index (χ0n) is 16.9. The maximum Gasteiger partial charge on any atom is 0.242 e. The third-order valence-electron chi connectivity index (χ3n) is 4.28. The molecule has 1 amide bonds. The van der Waals surface area contributed by atoms with E-state index in [2.05, 4.69) is 15.6 Å². The van der Waals surface area contributed by atoms with E-state index in [9.17, 15) is 4.79 Å². The molecule has 0 atom stereocenters. The highest BCUT2D eigenvalue weighted by molar-refractivity contribution is 5.86. The van der Waals surface area contributed by atoms with Crippen LogP contribution in [-0.2, 0) is 17.9 Å². The molecule has 0 spiro atoms. The van der Waals surface area contributed by atoms with Crippen molar-refractivity contribution >= 4 is 11.9 Å². The van der Waals surface area contributed by atoms with Gasteiger partial charge in [0.2, 0.25) is 5.91 Å². The predicted octanol–water partition coefficient (Wildman–Crippen LogP) is 2.80. The number of hydrogen-bond acceptors (Lipinski definition) is 3. The molecule has 0 saturated carbocycles. The highest BCUT2D eigenvalue weighted by Gasteiger charge is 2.12. The minimum absolute atomic E-state index is 0.0430. The fraction of sp³-hybridized carbons (Fsp3) is 0.364. The van der Waals surface area contributed by atoms with E-state index >= 15 is 0 Å². The summed E-state index contributed by atoms with van der Waals surface area (Å²) in [5.74, 6) is 1.49. The van der Waals surface area contributed by atoms with Crippen LogP contribution in [0.4, 0.5) is 0 Å². The monoisotopic (exact) mass is 382 g/mol. The first kappa shape index (κ1) is 21.3. The Hall–Kier alpha value is -3.02. The van der Waals surface area contributed by atoms with Crippen LogP contribution >= 0.6 is 0 Å². The Morgan fingerprint density at radius 3 is 2.32 bits per heavy atom. The van der Waals surface area contributed by atoms with Crippen molar-refractivity contribution in [1.82, 2.24) is 15.5 Å². The summed E-state index contributed by atoms with van der Waals surface area (Å²) < 4.78 is 5.17. The molecule has 0 saturated heterocycles. The minimum Gasteiger partial charge on any atom is -0.497 e. The molecule has 6 heteroatoms. The van der Waals surface area contributed by atoms with Gasteiger partial charge >= 0.3 is 0 Å². The molecule has 0 aromatic heterocycles. The number of rotatable bonds is 9. The van der Waals surface area contributed by atoms with Crippen LogP contribution in [0.1, 0.15) is 25.0 Å². The number of ether oxygens (including phenoxy) is 1. The second-order valence-electron chi connectivity index (χ2n) is 6.29. The van der Waals surface area contributed by atoms with Crippen molar-refractivity contribution in [2.75, 3.05) is 26.7 Å². The lowest BCUT2D eigenvalue weighted by atomic mass is 10.2. The molecule has 6 nitrogen and oxygen atoms in total. The molecule has 0 unspecified atom stereocenters. The van der Waals surface area contributed by atoms with Crippen molar-refractivity contribution in [3.63, 3.8) is 0 Å². The number of nitrogens with zero attached hydrogens (tertiary/aromatic N) is 2. The van der Waals surface area contributed by atoms with Crippen LogP contribution in [0.2, 0.25) is 0 Å². The lowest BCUT2D eigenvalue weighted by molar-refractivity contribution is -0.130. The summed E-state index contributed by atoms with van der Waals surface area (Å²) >= 11 is 0. The molecule has 2 N–H and O–H groups in total. The maximum absolute atomic E-state index is 12.6. The number of amides is 1. The van der Waals surface area contributed by atoms with E-state index in [-0.39, 0.29) is 12.5 Å². The van der Waals surface area contributed by atoms with Crippen LogP contribution in [-0.4, -0.2) is 43.5 Å². The number of aliphatic imine (C=N–C) groups is 1. The van der Waals surface area contributed by atoms with E-state index in [1.807, 2.05) is 73.3 Å². The Morgan fingerprint density at radius 2 is 1.71 bits per heavy atom. The van der Waals surface area contributed by atoms with Crippen LogP contribution < -0.4 is 15.4 Å². The quantitative estimate of drug-likeness (QED) is 0.517. The van der Waals surface area contributed by atoms with Crippen molar-refractivity contribution in [2.24, 2.45) is 4.99 Å². The zero-order chi connectivity index (χ0) is 20.2. The Bertz CT molecular complexity index is 745. The van der Waals surface area contributed by atoms with E-state index < -0.39 is 0 Å². The lowest BCUT2D eigenvalue weighted by Gasteiger charge is -2.22. The fourth-order valence-electron chi connectivity index (χ4n) is 2.69.